The van der Waals surface area contributed by atoms with E-state index in [4.69, 9.17) is 4.74 Å². The van der Waals surface area contributed by atoms with Crippen LogP contribution in [-0.2, 0) is 11.3 Å². The molecule has 1 aromatic heterocycles. The minimum Gasteiger partial charge on any atom is -0.493 e. The lowest BCUT2D eigenvalue weighted by Crippen LogP contribution is -2.31. The van der Waals surface area contributed by atoms with Crippen molar-refractivity contribution in [2.24, 2.45) is 0 Å². The van der Waals surface area contributed by atoms with E-state index in [9.17, 15) is 18.8 Å². The Kier molecular flexibility index (Phi) is 7.92. The molecule has 0 spiro atoms. The van der Waals surface area contributed by atoms with E-state index in [0.29, 0.717) is 24.0 Å². The molecule has 178 valence electrons. The number of halogens is 2. The molecule has 1 aromatic carbocycles. The number of likely N-dealkylation sites (N-methyl/N-ethyl adjacent to an activating group) is 1. The number of rotatable bonds is 9. The van der Waals surface area contributed by atoms with Crippen LogP contribution in [-0.4, -0.2) is 42.7 Å². The number of carbonyl (C=O) groups is 1. The van der Waals surface area contributed by atoms with Gasteiger partial charge in [0.1, 0.15) is 11.9 Å². The van der Waals surface area contributed by atoms with Gasteiger partial charge in [0.2, 0.25) is 5.91 Å². The number of hydrogen-bond acceptors (Lipinski definition) is 5. The van der Waals surface area contributed by atoms with Crippen LogP contribution < -0.4 is 14.8 Å². The molecule has 1 amide bonds. The number of nitrogens with one attached hydrogen (secondary N) is 1. The van der Waals surface area contributed by atoms with Crippen molar-refractivity contribution >= 4 is 11.7 Å². The first-order chi connectivity index (χ1) is 15.7. The first-order valence-corrected chi connectivity index (χ1v) is 11.0. The number of ether oxygens (including phenoxy) is 2. The maximum atomic E-state index is 12.9. The molecular formula is C24H30F2N4O3. The minimum atomic E-state index is -2.94. The van der Waals surface area contributed by atoms with E-state index in [1.54, 1.807) is 24.1 Å². The molecule has 1 aliphatic carbocycles. The lowest BCUT2D eigenvalue weighted by molar-refractivity contribution is -0.117. The number of alkyl halides is 2. The highest BCUT2D eigenvalue weighted by Gasteiger charge is 2.27. The fourth-order valence-electron chi connectivity index (χ4n) is 4.49. The largest absolute Gasteiger partial charge is 0.493 e. The SMILES string of the molecule is COc1cc(CN(C)CC(=O)Nc2c(C#N)c(C)c(C)n2C2CCCC2)ccc1OC(F)F. The van der Waals surface area contributed by atoms with Crippen LogP contribution in [0.5, 0.6) is 11.5 Å². The second kappa shape index (κ2) is 10.7. The third-order valence-electron chi connectivity index (χ3n) is 6.13. The Morgan fingerprint density at radius 1 is 1.30 bits per heavy atom. The van der Waals surface area contributed by atoms with E-state index < -0.39 is 6.61 Å². The zero-order valence-corrected chi connectivity index (χ0v) is 19.5. The van der Waals surface area contributed by atoms with Gasteiger partial charge in [0.15, 0.2) is 11.5 Å². The second-order valence-electron chi connectivity index (χ2n) is 8.44. The van der Waals surface area contributed by atoms with Crippen molar-refractivity contribution in [3.05, 3.63) is 40.6 Å². The van der Waals surface area contributed by atoms with E-state index in [2.05, 4.69) is 20.7 Å². The van der Waals surface area contributed by atoms with Gasteiger partial charge >= 0.3 is 6.61 Å². The first kappa shape index (κ1) is 24.5. The average molecular weight is 461 g/mol. The fraction of sp³-hybridized carbons (Fsp3) is 0.500. The Morgan fingerprint density at radius 3 is 2.61 bits per heavy atom. The molecule has 1 heterocycles. The predicted octanol–water partition coefficient (Wildman–Crippen LogP) is 4.77. The topological polar surface area (TPSA) is 79.5 Å². The Balaban J connectivity index is 1.70. The molecular weight excluding hydrogens is 430 g/mol. The molecule has 1 fully saturated rings. The van der Waals surface area contributed by atoms with Crippen molar-refractivity contribution in [3.63, 3.8) is 0 Å². The number of methoxy groups -OCH3 is 1. The number of aromatic nitrogens is 1. The van der Waals surface area contributed by atoms with Crippen LogP contribution in [0.3, 0.4) is 0 Å². The number of anilines is 1. The molecule has 3 rings (SSSR count). The van der Waals surface area contributed by atoms with Gasteiger partial charge in [-0.3, -0.25) is 9.69 Å². The number of hydrogen-bond donors (Lipinski definition) is 1. The molecule has 0 atom stereocenters. The Hall–Kier alpha value is -3.12. The lowest BCUT2D eigenvalue weighted by Gasteiger charge is -2.21. The Labute approximate surface area is 192 Å². The predicted molar refractivity (Wildman–Crippen MR) is 121 cm³/mol. The van der Waals surface area contributed by atoms with Crippen LogP contribution in [0, 0.1) is 25.2 Å². The molecule has 0 aliphatic heterocycles. The van der Waals surface area contributed by atoms with Gasteiger partial charge in [0.25, 0.3) is 0 Å². The first-order valence-electron chi connectivity index (χ1n) is 11.0. The third kappa shape index (κ3) is 5.63. The minimum absolute atomic E-state index is 0.0425. The number of nitriles is 1. The zero-order valence-electron chi connectivity index (χ0n) is 19.5. The maximum absolute atomic E-state index is 12.9. The zero-order chi connectivity index (χ0) is 24.1. The Bertz CT molecular complexity index is 1040. The smallest absolute Gasteiger partial charge is 0.387 e. The normalized spacial score (nSPS) is 14.0. The fourth-order valence-corrected chi connectivity index (χ4v) is 4.49. The van der Waals surface area contributed by atoms with Crippen molar-refractivity contribution in [3.8, 4) is 17.6 Å². The van der Waals surface area contributed by atoms with Gasteiger partial charge in [-0.2, -0.15) is 14.0 Å². The van der Waals surface area contributed by atoms with Gasteiger partial charge in [-0.15, -0.1) is 0 Å². The number of benzene rings is 1. The molecule has 2 aromatic rings. The van der Waals surface area contributed by atoms with Crippen LogP contribution >= 0.6 is 0 Å². The quantitative estimate of drug-likeness (QED) is 0.583. The second-order valence-corrected chi connectivity index (χ2v) is 8.44. The highest BCUT2D eigenvalue weighted by molar-refractivity contribution is 5.93. The van der Waals surface area contributed by atoms with Crippen LogP contribution in [0.15, 0.2) is 18.2 Å². The van der Waals surface area contributed by atoms with Gasteiger partial charge in [-0.25, -0.2) is 0 Å². The molecule has 0 saturated heterocycles. The number of carbonyl (C=O) groups excluding carboxylic acids is 1. The molecule has 1 aliphatic rings. The van der Waals surface area contributed by atoms with Crippen molar-refractivity contribution < 1.29 is 23.0 Å². The van der Waals surface area contributed by atoms with E-state index >= 15 is 0 Å². The highest BCUT2D eigenvalue weighted by Crippen LogP contribution is 2.37. The summed E-state index contributed by atoms with van der Waals surface area (Å²) in [6.07, 6.45) is 4.36. The summed E-state index contributed by atoms with van der Waals surface area (Å²) < 4.78 is 36.8. The number of nitrogens with zero attached hydrogens (tertiary/aromatic N) is 3. The van der Waals surface area contributed by atoms with Crippen molar-refractivity contribution in [2.45, 2.75) is 58.7 Å². The van der Waals surface area contributed by atoms with Gasteiger partial charge in [-0.05, 0) is 57.0 Å². The number of amides is 1. The van der Waals surface area contributed by atoms with Gasteiger partial charge in [0, 0.05) is 18.3 Å². The molecule has 1 N–H and O–H groups in total. The highest BCUT2D eigenvalue weighted by atomic mass is 19.3. The summed E-state index contributed by atoms with van der Waals surface area (Å²) >= 11 is 0. The molecule has 0 bridgehead atoms. The molecule has 9 heteroatoms. The van der Waals surface area contributed by atoms with Crippen molar-refractivity contribution in [2.75, 3.05) is 26.0 Å². The van der Waals surface area contributed by atoms with Crippen molar-refractivity contribution in [1.29, 1.82) is 5.26 Å². The van der Waals surface area contributed by atoms with E-state index in [-0.39, 0.29) is 24.0 Å². The monoisotopic (exact) mass is 460 g/mol. The van der Waals surface area contributed by atoms with E-state index in [1.165, 1.54) is 13.2 Å². The molecule has 33 heavy (non-hydrogen) atoms. The van der Waals surface area contributed by atoms with E-state index in [0.717, 1.165) is 42.5 Å². The Morgan fingerprint density at radius 2 is 2.00 bits per heavy atom. The van der Waals surface area contributed by atoms with Gasteiger partial charge in [-0.1, -0.05) is 18.9 Å². The average Bonchev–Trinajstić information content (AvgIpc) is 3.35. The molecule has 0 unspecified atom stereocenters. The standard InChI is InChI=1S/C24H30F2N4O3/c1-15-16(2)30(18-7-5-6-8-18)23(19(15)12-27)28-22(31)14-29(3)13-17-9-10-20(33-24(25)26)21(11-17)32-4/h9-11,18,24H,5-8,13-14H2,1-4H3,(H,28,31). The summed E-state index contributed by atoms with van der Waals surface area (Å²) in [7, 11) is 3.16. The van der Waals surface area contributed by atoms with Gasteiger partial charge < -0.3 is 19.4 Å². The molecule has 0 radical (unpaired) electrons. The van der Waals surface area contributed by atoms with Crippen LogP contribution in [0.4, 0.5) is 14.6 Å². The summed E-state index contributed by atoms with van der Waals surface area (Å²) in [5.41, 5.74) is 3.20. The lowest BCUT2D eigenvalue weighted by atomic mass is 10.2. The summed E-state index contributed by atoms with van der Waals surface area (Å²) in [4.78, 5) is 14.7. The van der Waals surface area contributed by atoms with Crippen LogP contribution in [0.1, 0.15) is 54.1 Å². The van der Waals surface area contributed by atoms with Crippen molar-refractivity contribution in [1.82, 2.24) is 9.47 Å². The van der Waals surface area contributed by atoms with Gasteiger partial charge in [0.05, 0.1) is 19.2 Å². The van der Waals surface area contributed by atoms with E-state index in [1.807, 2.05) is 13.8 Å². The molecule has 1 saturated carbocycles. The summed E-state index contributed by atoms with van der Waals surface area (Å²) in [5, 5.41) is 12.7. The summed E-state index contributed by atoms with van der Waals surface area (Å²) in [6.45, 7) is 1.45. The third-order valence-corrected chi connectivity index (χ3v) is 6.13. The van der Waals surface area contributed by atoms with Crippen LogP contribution in [0.25, 0.3) is 0 Å². The summed E-state index contributed by atoms with van der Waals surface area (Å²) in [5.74, 6) is 0.507. The van der Waals surface area contributed by atoms with Crippen LogP contribution in [0.2, 0.25) is 0 Å². The summed E-state index contributed by atoms with van der Waals surface area (Å²) in [6, 6.07) is 7.23. The maximum Gasteiger partial charge on any atom is 0.387 e. The molecule has 7 nitrogen and oxygen atoms in total.